The lowest BCUT2D eigenvalue weighted by Crippen LogP contribution is -2.53. The predicted octanol–water partition coefficient (Wildman–Crippen LogP) is -0.171. The number of carbonyl (C=O) groups excluding carboxylic acids is 2. The van der Waals surface area contributed by atoms with E-state index in [2.05, 4.69) is 16.4 Å². The fourth-order valence-corrected chi connectivity index (χ4v) is 5.57. The highest BCUT2D eigenvalue weighted by atomic mass is 32.1. The van der Waals surface area contributed by atoms with Crippen LogP contribution in [-0.2, 0) is 4.79 Å². The van der Waals surface area contributed by atoms with Crippen molar-refractivity contribution in [3.8, 4) is 12.3 Å². The van der Waals surface area contributed by atoms with Crippen molar-refractivity contribution in [1.29, 1.82) is 0 Å². The molecule has 0 aliphatic carbocycles. The van der Waals surface area contributed by atoms with E-state index in [-0.39, 0.29) is 24.0 Å². The summed E-state index contributed by atoms with van der Waals surface area (Å²) in [6.45, 7) is 4.82. The second-order valence-corrected chi connectivity index (χ2v) is 8.31. The number of hydrogen-bond donors (Lipinski definition) is 1. The highest BCUT2D eigenvalue weighted by Gasteiger charge is 2.48. The number of aromatic nitrogens is 1. The monoisotopic (exact) mass is 436 g/mol. The third-order valence-corrected chi connectivity index (χ3v) is 6.93. The Balaban J connectivity index is 1.77. The van der Waals surface area contributed by atoms with Crippen LogP contribution in [0.4, 0.5) is 10.5 Å². The average Bonchev–Trinajstić information content (AvgIpc) is 3.35. The highest BCUT2D eigenvalue weighted by molar-refractivity contribution is 7.07. The molecule has 158 valence electrons. The zero-order chi connectivity index (χ0) is 21.9. The van der Waals surface area contributed by atoms with Gasteiger partial charge in [0.2, 0.25) is 4.80 Å². The molecule has 4 heterocycles. The number of urea groups is 1. The van der Waals surface area contributed by atoms with E-state index in [0.717, 1.165) is 11.3 Å². The first-order chi connectivity index (χ1) is 15.0. The van der Waals surface area contributed by atoms with Gasteiger partial charge in [0.05, 0.1) is 17.8 Å². The molecule has 31 heavy (non-hydrogen) atoms. The van der Waals surface area contributed by atoms with Crippen LogP contribution in [0.2, 0.25) is 0 Å². The maximum Gasteiger partial charge on any atom is 0.323 e. The summed E-state index contributed by atoms with van der Waals surface area (Å²) < 4.78 is 1.84. The molecule has 0 saturated carbocycles. The van der Waals surface area contributed by atoms with Crippen molar-refractivity contribution < 1.29 is 9.59 Å². The number of thiazole rings is 1. The number of rotatable bonds is 3. The van der Waals surface area contributed by atoms with Gasteiger partial charge in [0.15, 0.2) is 12.3 Å². The molecule has 3 aliphatic rings. The normalized spacial score (nSPS) is 23.2. The van der Waals surface area contributed by atoms with Crippen molar-refractivity contribution in [3.63, 3.8) is 0 Å². The van der Waals surface area contributed by atoms with Gasteiger partial charge in [-0.05, 0) is 19.9 Å². The van der Waals surface area contributed by atoms with E-state index >= 15 is 0 Å². The summed E-state index contributed by atoms with van der Waals surface area (Å²) in [5.41, 5.74) is 4.39. The smallest absolute Gasteiger partial charge is 0.300 e. The van der Waals surface area contributed by atoms with Gasteiger partial charge in [0.25, 0.3) is 11.5 Å². The van der Waals surface area contributed by atoms with Gasteiger partial charge in [0.1, 0.15) is 4.53 Å². The van der Waals surface area contributed by atoms with Crippen LogP contribution in [0.15, 0.2) is 34.2 Å². The van der Waals surface area contributed by atoms with E-state index in [4.69, 9.17) is 6.42 Å². The van der Waals surface area contributed by atoms with Gasteiger partial charge in [-0.25, -0.2) is 4.79 Å². The number of benzene rings is 1. The number of likely N-dealkylation sites (N-methyl/N-ethyl adjacent to an activating group) is 2. The van der Waals surface area contributed by atoms with E-state index in [1.807, 2.05) is 38.1 Å². The number of anilines is 1. The van der Waals surface area contributed by atoms with Crippen molar-refractivity contribution in [2.75, 3.05) is 24.5 Å². The van der Waals surface area contributed by atoms with E-state index in [1.165, 1.54) is 9.47 Å². The minimum Gasteiger partial charge on any atom is -0.300 e. The molecule has 2 aromatic rings. The number of amides is 3. The second kappa shape index (κ2) is 6.99. The first kappa shape index (κ1) is 19.4. The lowest BCUT2D eigenvalue weighted by Gasteiger charge is -2.29. The minimum atomic E-state index is -0.531. The first-order valence-corrected chi connectivity index (χ1v) is 10.9. The van der Waals surface area contributed by atoms with Gasteiger partial charge in [0, 0.05) is 18.7 Å². The number of fused-ring (bicyclic) bond motifs is 4. The lowest BCUT2D eigenvalue weighted by molar-refractivity contribution is -0.112. The molecule has 3 aliphatic heterocycles. The van der Waals surface area contributed by atoms with Crippen molar-refractivity contribution >= 4 is 34.5 Å². The SMILES string of the molecule is C#CCN1C(=O)/C(=c2\sc3n(c2=O)C2C(NN=3)N(CC)C(=O)N2CC)c2ccccc21. The van der Waals surface area contributed by atoms with Crippen LogP contribution < -0.4 is 25.2 Å². The molecule has 0 radical (unpaired) electrons. The summed E-state index contributed by atoms with van der Waals surface area (Å²) in [7, 11) is 0. The van der Waals surface area contributed by atoms with Crippen LogP contribution in [0.5, 0.6) is 0 Å². The molecule has 2 atom stereocenters. The predicted molar refractivity (Wildman–Crippen MR) is 116 cm³/mol. The Morgan fingerprint density at radius 2 is 1.90 bits per heavy atom. The number of terminal acetylenes is 1. The fourth-order valence-electron chi connectivity index (χ4n) is 4.52. The number of nitrogens with zero attached hydrogens (tertiary/aromatic N) is 5. The molecule has 0 spiro atoms. The standard InChI is InChI=1S/C21H20N6O3S/c1-4-11-26-13-10-8-7-9-12(13)14(18(26)28)15-19(29)27-17-16(22-23-20(27)31-15)24(5-2)21(30)25(17)6-3/h1,7-10,16-17,22H,5-6,11H2,2-3H3/b15-14-. The van der Waals surface area contributed by atoms with E-state index in [1.54, 1.807) is 9.80 Å². The molecular formula is C21H20N6O3S. The molecule has 1 aromatic heterocycles. The molecule has 1 N–H and O–H groups in total. The van der Waals surface area contributed by atoms with Crippen molar-refractivity contribution in [2.45, 2.75) is 26.2 Å². The molecule has 2 unspecified atom stereocenters. The van der Waals surface area contributed by atoms with Gasteiger partial charge < -0.3 is 0 Å². The molecule has 1 saturated heterocycles. The summed E-state index contributed by atoms with van der Waals surface area (Å²) >= 11 is 1.15. The Kier molecular flexibility index (Phi) is 4.37. The molecule has 3 amide bonds. The number of carbonyl (C=O) groups is 2. The van der Waals surface area contributed by atoms with Crippen molar-refractivity contribution in [1.82, 2.24) is 19.8 Å². The molecule has 9 nitrogen and oxygen atoms in total. The lowest BCUT2D eigenvalue weighted by atomic mass is 10.1. The van der Waals surface area contributed by atoms with Gasteiger partial charge in [-0.15, -0.1) is 11.5 Å². The van der Waals surface area contributed by atoms with E-state index < -0.39 is 12.3 Å². The number of nitrogens with one attached hydrogen (secondary N) is 1. The van der Waals surface area contributed by atoms with Gasteiger partial charge >= 0.3 is 6.03 Å². The Bertz CT molecular complexity index is 1340. The van der Waals surface area contributed by atoms with Crippen LogP contribution in [0.1, 0.15) is 25.6 Å². The molecular weight excluding hydrogens is 416 g/mol. The molecule has 1 fully saturated rings. The third-order valence-electron chi connectivity index (χ3n) is 5.88. The van der Waals surface area contributed by atoms with Crippen molar-refractivity contribution in [3.05, 3.63) is 49.5 Å². The summed E-state index contributed by atoms with van der Waals surface area (Å²) in [5, 5.41) is 4.37. The number of para-hydroxylation sites is 1. The topological polar surface area (TPSA) is 90.2 Å². The summed E-state index contributed by atoms with van der Waals surface area (Å²) in [6.07, 6.45) is 4.49. The van der Waals surface area contributed by atoms with Crippen LogP contribution in [0.3, 0.4) is 0 Å². The average molecular weight is 436 g/mol. The fraction of sp³-hybridized carbons (Fsp3) is 0.333. The quantitative estimate of drug-likeness (QED) is 0.677. The Hall–Kier alpha value is -3.58. The zero-order valence-electron chi connectivity index (χ0n) is 17.0. The van der Waals surface area contributed by atoms with Gasteiger partial charge in [-0.2, -0.15) is 0 Å². The Morgan fingerprint density at radius 1 is 1.16 bits per heavy atom. The van der Waals surface area contributed by atoms with Crippen LogP contribution in [0.25, 0.3) is 5.57 Å². The highest BCUT2D eigenvalue weighted by Crippen LogP contribution is 2.35. The molecule has 5 rings (SSSR count). The zero-order valence-corrected chi connectivity index (χ0v) is 17.8. The molecule has 1 aromatic carbocycles. The summed E-state index contributed by atoms with van der Waals surface area (Å²) in [5.74, 6) is 2.21. The number of hydrogen-bond acceptors (Lipinski definition) is 6. The van der Waals surface area contributed by atoms with Gasteiger partial charge in [-0.1, -0.05) is 35.5 Å². The van der Waals surface area contributed by atoms with Crippen LogP contribution in [0, 0.1) is 12.3 Å². The van der Waals surface area contributed by atoms with E-state index in [0.29, 0.717) is 39.2 Å². The van der Waals surface area contributed by atoms with Crippen LogP contribution >= 0.6 is 11.3 Å². The maximum absolute atomic E-state index is 13.6. The molecule has 10 heteroatoms. The minimum absolute atomic E-state index is 0.117. The summed E-state index contributed by atoms with van der Waals surface area (Å²) in [6, 6.07) is 7.14. The summed E-state index contributed by atoms with van der Waals surface area (Å²) in [4.78, 5) is 44.9. The largest absolute Gasteiger partial charge is 0.323 e. The Morgan fingerprint density at radius 3 is 2.61 bits per heavy atom. The maximum atomic E-state index is 13.6. The van der Waals surface area contributed by atoms with Crippen molar-refractivity contribution in [2.24, 2.45) is 5.10 Å². The Labute approximate surface area is 181 Å². The third kappa shape index (κ3) is 2.50. The van der Waals surface area contributed by atoms with Crippen LogP contribution in [-0.4, -0.2) is 52.1 Å². The van der Waals surface area contributed by atoms with Gasteiger partial charge in [-0.3, -0.25) is 34.3 Å². The molecule has 0 bridgehead atoms. The first-order valence-electron chi connectivity index (χ1n) is 10.0. The van der Waals surface area contributed by atoms with E-state index in [9.17, 15) is 14.4 Å². The second-order valence-electron chi connectivity index (χ2n) is 7.33.